The molecule has 2 unspecified atom stereocenters. The summed E-state index contributed by atoms with van der Waals surface area (Å²) in [5.74, 6) is -0.943. The average Bonchev–Trinajstić information content (AvgIpc) is 2.85. The quantitative estimate of drug-likeness (QED) is 0.601. The molecule has 1 aromatic rings. The summed E-state index contributed by atoms with van der Waals surface area (Å²) in [4.78, 5) is 50.6. The fourth-order valence-electron chi connectivity index (χ4n) is 4.05. The zero-order chi connectivity index (χ0) is 19.0. The molecule has 1 aliphatic carbocycles. The maximum Gasteiger partial charge on any atom is 0.229 e. The zero-order valence-electron chi connectivity index (χ0n) is 15.6. The molecule has 0 saturated carbocycles. The van der Waals surface area contributed by atoms with Crippen LogP contribution in [0.25, 0.3) is 0 Å². The third kappa shape index (κ3) is 3.22. The van der Waals surface area contributed by atoms with E-state index in [2.05, 4.69) is 0 Å². The maximum absolute atomic E-state index is 12.5. The van der Waals surface area contributed by atoms with Gasteiger partial charge in [-0.15, -0.1) is 0 Å². The molecule has 2 amide bonds. The van der Waals surface area contributed by atoms with E-state index in [1.54, 1.807) is 13.0 Å². The number of carbonyl (C=O) groups is 4. The van der Waals surface area contributed by atoms with Crippen molar-refractivity contribution >= 4 is 23.4 Å². The van der Waals surface area contributed by atoms with Crippen LogP contribution in [0.3, 0.4) is 0 Å². The number of fused-ring (bicyclic) bond motifs is 1. The number of carbonyl (C=O) groups excluding carboxylic acids is 4. The van der Waals surface area contributed by atoms with E-state index in [1.807, 2.05) is 26.0 Å². The van der Waals surface area contributed by atoms with Crippen LogP contribution < -0.4 is 0 Å². The van der Waals surface area contributed by atoms with Crippen molar-refractivity contribution in [1.82, 2.24) is 4.90 Å². The Morgan fingerprint density at radius 2 is 1.58 bits per heavy atom. The van der Waals surface area contributed by atoms with Crippen molar-refractivity contribution in [3.8, 4) is 0 Å². The van der Waals surface area contributed by atoms with Crippen LogP contribution >= 0.6 is 0 Å². The van der Waals surface area contributed by atoms with E-state index in [4.69, 9.17) is 0 Å². The Labute approximate surface area is 153 Å². The van der Waals surface area contributed by atoms with Gasteiger partial charge in [0.1, 0.15) is 0 Å². The van der Waals surface area contributed by atoms with Gasteiger partial charge < -0.3 is 0 Å². The lowest BCUT2D eigenvalue weighted by Crippen LogP contribution is -2.41. The van der Waals surface area contributed by atoms with Crippen LogP contribution in [0.15, 0.2) is 18.2 Å². The van der Waals surface area contributed by atoms with Gasteiger partial charge in [-0.3, -0.25) is 24.1 Å². The minimum atomic E-state index is -0.598. The smallest absolute Gasteiger partial charge is 0.229 e. The Kier molecular flexibility index (Phi) is 5.08. The van der Waals surface area contributed by atoms with E-state index < -0.39 is 5.92 Å². The SMILES string of the molecule is CC1C(=O)c2ccc(C3CCCC(=O)N(C(C)C)C(=O)CC3)cc2C1=O. The van der Waals surface area contributed by atoms with Crippen molar-refractivity contribution in [2.45, 2.75) is 64.8 Å². The van der Waals surface area contributed by atoms with E-state index in [-0.39, 0.29) is 35.3 Å². The summed E-state index contributed by atoms with van der Waals surface area (Å²) in [7, 11) is 0. The van der Waals surface area contributed by atoms with E-state index in [1.165, 1.54) is 4.90 Å². The Hall–Kier alpha value is -2.30. The molecule has 0 spiro atoms. The monoisotopic (exact) mass is 355 g/mol. The minimum absolute atomic E-state index is 0.103. The molecule has 5 heteroatoms. The molecular formula is C21H25NO4. The normalized spacial score (nSPS) is 24.5. The average molecular weight is 355 g/mol. The van der Waals surface area contributed by atoms with Crippen molar-refractivity contribution in [2.24, 2.45) is 5.92 Å². The molecule has 1 aliphatic heterocycles. The Morgan fingerprint density at radius 1 is 0.923 bits per heavy atom. The van der Waals surface area contributed by atoms with E-state index in [0.717, 1.165) is 12.0 Å². The summed E-state index contributed by atoms with van der Waals surface area (Å²) in [5, 5.41) is 0. The minimum Gasteiger partial charge on any atom is -0.293 e. The fourth-order valence-corrected chi connectivity index (χ4v) is 4.05. The molecular weight excluding hydrogens is 330 g/mol. The first-order valence-electron chi connectivity index (χ1n) is 9.38. The number of rotatable bonds is 2. The van der Waals surface area contributed by atoms with Gasteiger partial charge in [-0.1, -0.05) is 12.1 Å². The summed E-state index contributed by atoms with van der Waals surface area (Å²) >= 11 is 0. The van der Waals surface area contributed by atoms with Gasteiger partial charge in [0, 0.05) is 30.0 Å². The van der Waals surface area contributed by atoms with Gasteiger partial charge in [-0.25, -0.2) is 0 Å². The van der Waals surface area contributed by atoms with E-state index in [9.17, 15) is 19.2 Å². The standard InChI is InChI=1S/C21H25NO4/c1-12(2)22-18(23)6-4-5-14(8-10-19(22)24)15-7-9-16-17(11-15)21(26)13(3)20(16)25/h7,9,11-14H,4-6,8,10H2,1-3H3. The number of hydrogen-bond donors (Lipinski definition) is 0. The molecule has 3 rings (SSSR count). The molecule has 1 aromatic carbocycles. The second-order valence-corrected chi connectivity index (χ2v) is 7.63. The summed E-state index contributed by atoms with van der Waals surface area (Å²) in [6.45, 7) is 5.36. The summed E-state index contributed by atoms with van der Waals surface area (Å²) in [5.41, 5.74) is 2.00. The number of amides is 2. The number of nitrogens with zero attached hydrogens (tertiary/aromatic N) is 1. The van der Waals surface area contributed by atoms with Crippen molar-refractivity contribution < 1.29 is 19.2 Å². The predicted octanol–water partition coefficient (Wildman–Crippen LogP) is 3.51. The maximum atomic E-state index is 12.5. The Morgan fingerprint density at radius 3 is 2.27 bits per heavy atom. The topological polar surface area (TPSA) is 71.5 Å². The van der Waals surface area contributed by atoms with Gasteiger partial charge in [0.2, 0.25) is 11.8 Å². The molecule has 138 valence electrons. The van der Waals surface area contributed by atoms with Gasteiger partial charge in [-0.2, -0.15) is 0 Å². The molecule has 0 radical (unpaired) electrons. The third-order valence-corrected chi connectivity index (χ3v) is 5.54. The summed E-state index contributed by atoms with van der Waals surface area (Å²) < 4.78 is 0. The molecule has 26 heavy (non-hydrogen) atoms. The molecule has 0 aromatic heterocycles. The fraction of sp³-hybridized carbons (Fsp3) is 0.524. The molecule has 0 N–H and O–H groups in total. The molecule has 1 saturated heterocycles. The first-order chi connectivity index (χ1) is 12.3. The molecule has 0 bridgehead atoms. The Bertz CT molecular complexity index is 780. The summed E-state index contributed by atoms with van der Waals surface area (Å²) in [6.07, 6.45) is 2.82. The first kappa shape index (κ1) is 18.5. The number of Topliss-reactive ketones (excluding diaryl/α,β-unsaturated/α-hetero) is 2. The summed E-state index contributed by atoms with van der Waals surface area (Å²) in [6, 6.07) is 5.34. The van der Waals surface area contributed by atoms with Gasteiger partial charge in [0.05, 0.1) is 5.92 Å². The molecule has 5 nitrogen and oxygen atoms in total. The van der Waals surface area contributed by atoms with Gasteiger partial charge >= 0.3 is 0 Å². The largest absolute Gasteiger partial charge is 0.293 e. The molecule has 1 fully saturated rings. The van der Waals surface area contributed by atoms with Crippen molar-refractivity contribution in [2.75, 3.05) is 0 Å². The van der Waals surface area contributed by atoms with Crippen molar-refractivity contribution in [1.29, 1.82) is 0 Å². The van der Waals surface area contributed by atoms with Crippen LogP contribution in [0.4, 0.5) is 0 Å². The third-order valence-electron chi connectivity index (χ3n) is 5.54. The number of benzene rings is 1. The van der Waals surface area contributed by atoms with Crippen LogP contribution in [-0.2, 0) is 9.59 Å². The predicted molar refractivity (Wildman–Crippen MR) is 97.1 cm³/mol. The van der Waals surface area contributed by atoms with Gasteiger partial charge in [0.15, 0.2) is 11.6 Å². The number of imide groups is 1. The zero-order valence-corrected chi connectivity index (χ0v) is 15.6. The van der Waals surface area contributed by atoms with Crippen molar-refractivity contribution in [3.05, 3.63) is 34.9 Å². The van der Waals surface area contributed by atoms with Crippen LogP contribution in [0.5, 0.6) is 0 Å². The lowest BCUT2D eigenvalue weighted by Gasteiger charge is -2.24. The molecule has 2 atom stereocenters. The number of hydrogen-bond acceptors (Lipinski definition) is 4. The highest BCUT2D eigenvalue weighted by atomic mass is 16.2. The second kappa shape index (κ2) is 7.14. The van der Waals surface area contributed by atoms with Crippen molar-refractivity contribution in [3.63, 3.8) is 0 Å². The second-order valence-electron chi connectivity index (χ2n) is 7.63. The highest BCUT2D eigenvalue weighted by Crippen LogP contribution is 2.34. The van der Waals surface area contributed by atoms with Crippen LogP contribution in [0.2, 0.25) is 0 Å². The highest BCUT2D eigenvalue weighted by Gasteiger charge is 2.35. The van der Waals surface area contributed by atoms with Crippen LogP contribution in [0, 0.1) is 5.92 Å². The lowest BCUT2D eigenvalue weighted by molar-refractivity contribution is -0.146. The Balaban J connectivity index is 1.85. The highest BCUT2D eigenvalue weighted by molar-refractivity contribution is 6.26. The van der Waals surface area contributed by atoms with Gasteiger partial charge in [0.25, 0.3) is 0 Å². The molecule has 1 heterocycles. The van der Waals surface area contributed by atoms with Gasteiger partial charge in [-0.05, 0) is 57.6 Å². The van der Waals surface area contributed by atoms with E-state index in [0.29, 0.717) is 36.8 Å². The first-order valence-corrected chi connectivity index (χ1v) is 9.38. The molecule has 2 aliphatic rings. The van der Waals surface area contributed by atoms with Crippen LogP contribution in [0.1, 0.15) is 85.1 Å². The number of ketones is 2. The lowest BCUT2D eigenvalue weighted by atomic mass is 9.88. The van der Waals surface area contributed by atoms with E-state index >= 15 is 0 Å². The van der Waals surface area contributed by atoms with Crippen LogP contribution in [-0.4, -0.2) is 34.3 Å².